The summed E-state index contributed by atoms with van der Waals surface area (Å²) in [5, 5.41) is 1.87. The topological polar surface area (TPSA) is 42.0 Å². The highest BCUT2D eigenvalue weighted by molar-refractivity contribution is 6.35. The van der Waals surface area contributed by atoms with Gasteiger partial charge in [0.2, 0.25) is 0 Å². The van der Waals surface area contributed by atoms with Crippen LogP contribution in [0.25, 0.3) is 0 Å². The van der Waals surface area contributed by atoms with Gasteiger partial charge in [0.15, 0.2) is 11.6 Å². The zero-order chi connectivity index (χ0) is 14.9. The van der Waals surface area contributed by atoms with Gasteiger partial charge in [0, 0.05) is 12.1 Å². The lowest BCUT2D eigenvalue weighted by molar-refractivity contribution is 0.102. The molecule has 1 aromatic carbocycles. The molecular formula is C12H5Cl2F3N2O. The first-order valence-electron chi connectivity index (χ1n) is 5.16. The molecule has 0 atom stereocenters. The van der Waals surface area contributed by atoms with Gasteiger partial charge in [0.25, 0.3) is 5.91 Å². The first-order chi connectivity index (χ1) is 9.38. The number of nitrogens with zero attached hydrogens (tertiary/aromatic N) is 1. The summed E-state index contributed by atoms with van der Waals surface area (Å²) in [4.78, 5) is 15.5. The number of carbonyl (C=O) groups is 1. The van der Waals surface area contributed by atoms with E-state index in [1.165, 1.54) is 12.1 Å². The first-order valence-corrected chi connectivity index (χ1v) is 5.92. The zero-order valence-corrected chi connectivity index (χ0v) is 11.1. The molecule has 0 unspecified atom stereocenters. The van der Waals surface area contributed by atoms with Crippen molar-refractivity contribution in [2.24, 2.45) is 0 Å². The number of hydrogen-bond donors (Lipinski definition) is 1. The molecule has 0 bridgehead atoms. The standard InChI is InChI=1S/C12H5Cl2F3N2O/c13-6-1-2-9(14)18-10(6)12(20)19-11-7(16)3-5(15)4-8(11)17/h1-4H,(H,19,20). The van der Waals surface area contributed by atoms with Crippen LogP contribution in [-0.2, 0) is 0 Å². The molecule has 2 rings (SSSR count). The maximum Gasteiger partial charge on any atom is 0.276 e. The van der Waals surface area contributed by atoms with Crippen molar-refractivity contribution < 1.29 is 18.0 Å². The molecule has 104 valence electrons. The summed E-state index contributed by atoms with van der Waals surface area (Å²) in [7, 11) is 0. The summed E-state index contributed by atoms with van der Waals surface area (Å²) >= 11 is 11.3. The van der Waals surface area contributed by atoms with Crippen LogP contribution in [0.4, 0.5) is 18.9 Å². The Kier molecular flexibility index (Phi) is 4.15. The number of carbonyl (C=O) groups excluding carboxylic acids is 1. The molecule has 2 aromatic rings. The molecule has 0 aliphatic carbocycles. The minimum atomic E-state index is -1.26. The molecule has 8 heteroatoms. The predicted octanol–water partition coefficient (Wildman–Crippen LogP) is 4.06. The Morgan fingerprint density at radius 2 is 1.70 bits per heavy atom. The summed E-state index contributed by atoms with van der Waals surface area (Å²) < 4.78 is 39.5. The van der Waals surface area contributed by atoms with E-state index in [0.29, 0.717) is 12.1 Å². The second kappa shape index (κ2) is 5.68. The van der Waals surface area contributed by atoms with E-state index in [4.69, 9.17) is 23.2 Å². The van der Waals surface area contributed by atoms with Gasteiger partial charge < -0.3 is 5.32 Å². The van der Waals surface area contributed by atoms with Crippen LogP contribution < -0.4 is 5.32 Å². The number of amides is 1. The number of rotatable bonds is 2. The van der Waals surface area contributed by atoms with E-state index in [0.717, 1.165) is 0 Å². The third kappa shape index (κ3) is 3.02. The third-order valence-corrected chi connectivity index (χ3v) is 2.79. The van der Waals surface area contributed by atoms with Crippen molar-refractivity contribution in [1.82, 2.24) is 4.98 Å². The molecule has 1 N–H and O–H groups in total. The smallest absolute Gasteiger partial charge is 0.276 e. The Morgan fingerprint density at radius 3 is 2.30 bits per heavy atom. The molecule has 1 amide bonds. The van der Waals surface area contributed by atoms with Crippen LogP contribution in [-0.4, -0.2) is 10.9 Å². The van der Waals surface area contributed by atoms with E-state index >= 15 is 0 Å². The molecule has 20 heavy (non-hydrogen) atoms. The predicted molar refractivity (Wildman–Crippen MR) is 68.5 cm³/mol. The summed E-state index contributed by atoms with van der Waals surface area (Å²) in [6.07, 6.45) is 0. The maximum absolute atomic E-state index is 13.4. The van der Waals surface area contributed by atoms with Crippen LogP contribution in [0.3, 0.4) is 0 Å². The minimum absolute atomic E-state index is 0.0143. The van der Waals surface area contributed by atoms with Gasteiger partial charge in [-0.05, 0) is 12.1 Å². The Morgan fingerprint density at radius 1 is 1.10 bits per heavy atom. The Bertz CT molecular complexity index is 671. The number of halogens is 5. The third-order valence-electron chi connectivity index (χ3n) is 2.27. The van der Waals surface area contributed by atoms with Gasteiger partial charge in [0.1, 0.15) is 22.4 Å². The number of aromatic nitrogens is 1. The second-order valence-corrected chi connectivity index (χ2v) is 4.46. The monoisotopic (exact) mass is 320 g/mol. The van der Waals surface area contributed by atoms with Crippen LogP contribution in [0.5, 0.6) is 0 Å². The number of benzene rings is 1. The van der Waals surface area contributed by atoms with E-state index < -0.39 is 29.0 Å². The van der Waals surface area contributed by atoms with Gasteiger partial charge in [-0.2, -0.15) is 0 Å². The van der Waals surface area contributed by atoms with Gasteiger partial charge in [-0.3, -0.25) is 4.79 Å². The van der Waals surface area contributed by atoms with Crippen molar-refractivity contribution in [2.45, 2.75) is 0 Å². The highest BCUT2D eigenvalue weighted by Crippen LogP contribution is 2.23. The van der Waals surface area contributed by atoms with E-state index in [1.54, 1.807) is 0 Å². The van der Waals surface area contributed by atoms with Crippen LogP contribution in [0.1, 0.15) is 10.5 Å². The molecule has 0 aliphatic rings. The molecule has 0 saturated heterocycles. The van der Waals surface area contributed by atoms with Crippen LogP contribution in [0, 0.1) is 17.5 Å². The maximum atomic E-state index is 13.4. The fourth-order valence-corrected chi connectivity index (χ4v) is 1.75. The van der Waals surface area contributed by atoms with Crippen molar-refractivity contribution in [2.75, 3.05) is 5.32 Å². The highest BCUT2D eigenvalue weighted by atomic mass is 35.5. The second-order valence-electron chi connectivity index (χ2n) is 3.66. The number of nitrogens with one attached hydrogen (secondary N) is 1. The summed E-state index contributed by atoms with van der Waals surface area (Å²) in [5.41, 5.74) is -1.10. The van der Waals surface area contributed by atoms with Crippen molar-refractivity contribution in [3.8, 4) is 0 Å². The first kappa shape index (κ1) is 14.6. The van der Waals surface area contributed by atoms with Crippen LogP contribution in [0.2, 0.25) is 10.2 Å². The molecule has 0 saturated carbocycles. The average molecular weight is 321 g/mol. The van der Waals surface area contributed by atoms with E-state index in [1.807, 2.05) is 5.32 Å². The van der Waals surface area contributed by atoms with E-state index in [2.05, 4.69) is 4.98 Å². The van der Waals surface area contributed by atoms with Crippen molar-refractivity contribution in [1.29, 1.82) is 0 Å². The summed E-state index contributed by atoms with van der Waals surface area (Å²) in [6.45, 7) is 0. The molecule has 0 spiro atoms. The molecule has 0 fully saturated rings. The van der Waals surface area contributed by atoms with Gasteiger partial charge >= 0.3 is 0 Å². The number of hydrogen-bond acceptors (Lipinski definition) is 2. The summed E-state index contributed by atoms with van der Waals surface area (Å²) in [6, 6.07) is 3.53. The average Bonchev–Trinajstić information content (AvgIpc) is 2.36. The van der Waals surface area contributed by atoms with Gasteiger partial charge in [-0.1, -0.05) is 23.2 Å². The van der Waals surface area contributed by atoms with Gasteiger partial charge in [0.05, 0.1) is 5.02 Å². The Labute approximate surface area is 121 Å². The Balaban J connectivity index is 2.35. The van der Waals surface area contributed by atoms with Crippen LogP contribution in [0.15, 0.2) is 24.3 Å². The van der Waals surface area contributed by atoms with Crippen LogP contribution >= 0.6 is 23.2 Å². The van der Waals surface area contributed by atoms with Gasteiger partial charge in [-0.25, -0.2) is 18.2 Å². The Hall–Kier alpha value is -1.79. The largest absolute Gasteiger partial charge is 0.316 e. The lowest BCUT2D eigenvalue weighted by Gasteiger charge is -2.08. The SMILES string of the molecule is O=C(Nc1c(F)cc(F)cc1F)c1nc(Cl)ccc1Cl. The highest BCUT2D eigenvalue weighted by Gasteiger charge is 2.18. The molecule has 0 aliphatic heterocycles. The molecule has 1 heterocycles. The quantitative estimate of drug-likeness (QED) is 0.848. The number of anilines is 1. The van der Waals surface area contributed by atoms with E-state index in [9.17, 15) is 18.0 Å². The fourth-order valence-electron chi connectivity index (χ4n) is 1.41. The normalized spacial score (nSPS) is 10.4. The molecule has 0 radical (unpaired) electrons. The van der Waals surface area contributed by atoms with Crippen molar-refractivity contribution >= 4 is 34.8 Å². The fraction of sp³-hybridized carbons (Fsp3) is 0. The molecule has 3 nitrogen and oxygen atoms in total. The molecular weight excluding hydrogens is 316 g/mol. The molecule has 1 aromatic heterocycles. The minimum Gasteiger partial charge on any atom is -0.316 e. The lowest BCUT2D eigenvalue weighted by Crippen LogP contribution is -2.16. The van der Waals surface area contributed by atoms with Crippen molar-refractivity contribution in [3.63, 3.8) is 0 Å². The van der Waals surface area contributed by atoms with Gasteiger partial charge in [-0.15, -0.1) is 0 Å². The van der Waals surface area contributed by atoms with Crippen molar-refractivity contribution in [3.05, 3.63) is 57.6 Å². The lowest BCUT2D eigenvalue weighted by atomic mass is 10.2. The number of pyridine rings is 1. The summed E-state index contributed by atoms with van der Waals surface area (Å²) in [5.74, 6) is -4.58. The zero-order valence-electron chi connectivity index (χ0n) is 9.55. The van der Waals surface area contributed by atoms with E-state index in [-0.39, 0.29) is 15.9 Å².